The summed E-state index contributed by atoms with van der Waals surface area (Å²) in [6.07, 6.45) is 0. The van der Waals surface area contributed by atoms with Crippen LogP contribution >= 0.6 is 11.8 Å². The SMILES string of the molecule is Cc1ccccc1-n1c(SCC(=O)NCC(N)=O)nc2ccccc2c1=O. The second-order valence-corrected chi connectivity index (χ2v) is 6.81. The highest BCUT2D eigenvalue weighted by atomic mass is 32.2. The number of aryl methyl sites for hydroxylation is 1. The number of para-hydroxylation sites is 2. The highest BCUT2D eigenvalue weighted by molar-refractivity contribution is 7.99. The van der Waals surface area contributed by atoms with Crippen molar-refractivity contribution < 1.29 is 9.59 Å². The van der Waals surface area contributed by atoms with Crippen molar-refractivity contribution in [3.05, 3.63) is 64.4 Å². The number of hydrogen-bond acceptors (Lipinski definition) is 5. The third-order valence-electron chi connectivity index (χ3n) is 3.89. The first-order valence-electron chi connectivity index (χ1n) is 8.23. The van der Waals surface area contributed by atoms with Gasteiger partial charge in [0.15, 0.2) is 5.16 Å². The van der Waals surface area contributed by atoms with Crippen LogP contribution < -0.4 is 16.6 Å². The number of primary amides is 1. The van der Waals surface area contributed by atoms with E-state index in [1.165, 1.54) is 4.57 Å². The predicted molar refractivity (Wildman–Crippen MR) is 105 cm³/mol. The summed E-state index contributed by atoms with van der Waals surface area (Å²) in [5, 5.41) is 3.33. The molecule has 138 valence electrons. The van der Waals surface area contributed by atoms with Gasteiger partial charge < -0.3 is 11.1 Å². The standard InChI is InChI=1S/C19H18N4O3S/c1-12-6-2-5-9-15(12)23-18(26)13-7-3-4-8-14(13)22-19(23)27-11-17(25)21-10-16(20)24/h2-9H,10-11H2,1H3,(H2,20,24)(H,21,25). The van der Waals surface area contributed by atoms with Crippen LogP contribution in [0.5, 0.6) is 0 Å². The van der Waals surface area contributed by atoms with Crippen molar-refractivity contribution in [1.29, 1.82) is 0 Å². The van der Waals surface area contributed by atoms with Crippen LogP contribution in [0.2, 0.25) is 0 Å². The Kier molecular flexibility index (Phi) is 5.56. The minimum absolute atomic E-state index is 0.00391. The summed E-state index contributed by atoms with van der Waals surface area (Å²) < 4.78 is 1.52. The largest absolute Gasteiger partial charge is 0.368 e. The third kappa shape index (κ3) is 4.17. The zero-order valence-electron chi connectivity index (χ0n) is 14.6. The Labute approximate surface area is 159 Å². The number of fused-ring (bicyclic) bond motifs is 1. The monoisotopic (exact) mass is 382 g/mol. The van der Waals surface area contributed by atoms with Crippen LogP contribution in [0.3, 0.4) is 0 Å². The van der Waals surface area contributed by atoms with Crippen LogP contribution in [0.25, 0.3) is 16.6 Å². The maximum Gasteiger partial charge on any atom is 0.266 e. The number of nitrogens with two attached hydrogens (primary N) is 1. The Hall–Kier alpha value is -3.13. The summed E-state index contributed by atoms with van der Waals surface area (Å²) in [5.41, 5.74) is 7.01. The Morgan fingerprint density at radius 2 is 1.85 bits per heavy atom. The van der Waals surface area contributed by atoms with Crippen molar-refractivity contribution in [3.8, 4) is 5.69 Å². The fraction of sp³-hybridized carbons (Fsp3) is 0.158. The topological polar surface area (TPSA) is 107 Å². The lowest BCUT2D eigenvalue weighted by atomic mass is 10.2. The lowest BCUT2D eigenvalue weighted by Gasteiger charge is -2.15. The minimum atomic E-state index is -0.617. The molecular formula is C19H18N4O3S. The van der Waals surface area contributed by atoms with E-state index in [4.69, 9.17) is 5.73 Å². The number of carbonyl (C=O) groups is 2. The summed E-state index contributed by atoms with van der Waals surface area (Å²) in [5.74, 6) is -0.976. The van der Waals surface area contributed by atoms with E-state index in [-0.39, 0.29) is 23.8 Å². The number of thioether (sulfide) groups is 1. The molecular weight excluding hydrogens is 364 g/mol. The summed E-state index contributed by atoms with van der Waals surface area (Å²) >= 11 is 1.13. The fourth-order valence-corrected chi connectivity index (χ4v) is 3.44. The molecule has 0 bridgehead atoms. The maximum atomic E-state index is 13.1. The molecule has 2 amide bonds. The van der Waals surface area contributed by atoms with Crippen molar-refractivity contribution in [2.24, 2.45) is 5.73 Å². The maximum absolute atomic E-state index is 13.1. The van der Waals surface area contributed by atoms with E-state index in [1.54, 1.807) is 24.3 Å². The van der Waals surface area contributed by atoms with E-state index in [0.29, 0.717) is 21.7 Å². The van der Waals surface area contributed by atoms with Gasteiger partial charge in [-0.25, -0.2) is 4.98 Å². The summed E-state index contributed by atoms with van der Waals surface area (Å²) in [7, 11) is 0. The van der Waals surface area contributed by atoms with Crippen molar-refractivity contribution in [2.45, 2.75) is 12.1 Å². The molecule has 8 heteroatoms. The average molecular weight is 382 g/mol. The van der Waals surface area contributed by atoms with Crippen LogP contribution in [0, 0.1) is 6.92 Å². The van der Waals surface area contributed by atoms with Gasteiger partial charge in [0.2, 0.25) is 11.8 Å². The number of carbonyl (C=O) groups excluding carboxylic acids is 2. The Balaban J connectivity index is 2.04. The van der Waals surface area contributed by atoms with Crippen LogP contribution in [-0.4, -0.2) is 33.7 Å². The molecule has 0 saturated carbocycles. The second kappa shape index (κ2) is 8.05. The van der Waals surface area contributed by atoms with Crippen LogP contribution in [-0.2, 0) is 9.59 Å². The van der Waals surface area contributed by atoms with E-state index in [1.807, 2.05) is 31.2 Å². The van der Waals surface area contributed by atoms with E-state index >= 15 is 0 Å². The summed E-state index contributed by atoms with van der Waals surface area (Å²) in [4.78, 5) is 40.4. The Morgan fingerprint density at radius 1 is 1.15 bits per heavy atom. The number of nitrogens with zero attached hydrogens (tertiary/aromatic N) is 2. The number of nitrogens with one attached hydrogen (secondary N) is 1. The molecule has 1 heterocycles. The van der Waals surface area contributed by atoms with Crippen LogP contribution in [0.4, 0.5) is 0 Å². The van der Waals surface area contributed by atoms with E-state index in [9.17, 15) is 14.4 Å². The van der Waals surface area contributed by atoms with Gasteiger partial charge in [0.05, 0.1) is 28.9 Å². The van der Waals surface area contributed by atoms with Gasteiger partial charge in [-0.05, 0) is 30.7 Å². The zero-order chi connectivity index (χ0) is 19.4. The molecule has 0 aliphatic heterocycles. The van der Waals surface area contributed by atoms with E-state index in [2.05, 4.69) is 10.3 Å². The third-order valence-corrected chi connectivity index (χ3v) is 4.83. The molecule has 7 nitrogen and oxygen atoms in total. The molecule has 0 fully saturated rings. The van der Waals surface area contributed by atoms with Crippen molar-refractivity contribution in [3.63, 3.8) is 0 Å². The molecule has 0 radical (unpaired) electrons. The number of aromatic nitrogens is 2. The molecule has 0 spiro atoms. The predicted octanol–water partition coefficient (Wildman–Crippen LogP) is 1.39. The van der Waals surface area contributed by atoms with E-state index in [0.717, 1.165) is 17.3 Å². The molecule has 0 atom stereocenters. The molecule has 0 aliphatic rings. The van der Waals surface area contributed by atoms with Gasteiger partial charge in [-0.1, -0.05) is 42.1 Å². The smallest absolute Gasteiger partial charge is 0.266 e. The molecule has 0 unspecified atom stereocenters. The molecule has 2 aromatic carbocycles. The molecule has 3 rings (SSSR count). The van der Waals surface area contributed by atoms with Crippen molar-refractivity contribution >= 4 is 34.5 Å². The second-order valence-electron chi connectivity index (χ2n) is 5.87. The first-order valence-corrected chi connectivity index (χ1v) is 9.21. The highest BCUT2D eigenvalue weighted by Gasteiger charge is 2.16. The van der Waals surface area contributed by atoms with Crippen molar-refractivity contribution in [1.82, 2.24) is 14.9 Å². The number of benzene rings is 2. The molecule has 3 aromatic rings. The Morgan fingerprint density at radius 3 is 2.59 bits per heavy atom. The average Bonchev–Trinajstić information content (AvgIpc) is 2.66. The van der Waals surface area contributed by atoms with Crippen LogP contribution in [0.1, 0.15) is 5.56 Å². The molecule has 0 aliphatic carbocycles. The minimum Gasteiger partial charge on any atom is -0.368 e. The number of rotatable bonds is 6. The van der Waals surface area contributed by atoms with Gasteiger partial charge in [0.1, 0.15) is 0 Å². The van der Waals surface area contributed by atoms with Gasteiger partial charge in [-0.15, -0.1) is 0 Å². The van der Waals surface area contributed by atoms with Gasteiger partial charge in [0, 0.05) is 0 Å². The van der Waals surface area contributed by atoms with Crippen LogP contribution in [0.15, 0.2) is 58.5 Å². The Bertz CT molecular complexity index is 1080. The van der Waals surface area contributed by atoms with E-state index < -0.39 is 5.91 Å². The van der Waals surface area contributed by atoms with Gasteiger partial charge in [0.25, 0.3) is 5.56 Å². The quantitative estimate of drug-likeness (QED) is 0.495. The molecule has 3 N–H and O–H groups in total. The molecule has 0 saturated heterocycles. The van der Waals surface area contributed by atoms with Crippen molar-refractivity contribution in [2.75, 3.05) is 12.3 Å². The fourth-order valence-electron chi connectivity index (χ4n) is 2.60. The zero-order valence-corrected chi connectivity index (χ0v) is 15.5. The first-order chi connectivity index (χ1) is 13.0. The normalized spacial score (nSPS) is 10.7. The first kappa shape index (κ1) is 18.7. The summed E-state index contributed by atoms with van der Waals surface area (Å²) in [6, 6.07) is 14.6. The lowest BCUT2D eigenvalue weighted by molar-refractivity contribution is -0.123. The molecule has 1 aromatic heterocycles. The van der Waals surface area contributed by atoms with Gasteiger partial charge in [-0.3, -0.25) is 19.0 Å². The number of hydrogen-bond donors (Lipinski definition) is 2. The molecule has 27 heavy (non-hydrogen) atoms. The van der Waals surface area contributed by atoms with Gasteiger partial charge in [-0.2, -0.15) is 0 Å². The van der Waals surface area contributed by atoms with Gasteiger partial charge >= 0.3 is 0 Å². The number of amides is 2. The highest BCUT2D eigenvalue weighted by Crippen LogP contribution is 2.22. The lowest BCUT2D eigenvalue weighted by Crippen LogP contribution is -2.34. The summed E-state index contributed by atoms with van der Waals surface area (Å²) in [6.45, 7) is 1.68.